The monoisotopic (exact) mass is 415 g/mol. The third-order valence-electron chi connectivity index (χ3n) is 4.21. The number of tetrazole rings is 1. The van der Waals surface area contributed by atoms with Crippen molar-refractivity contribution in [2.75, 3.05) is 6.61 Å². The van der Waals surface area contributed by atoms with Gasteiger partial charge in [0.15, 0.2) is 0 Å². The fourth-order valence-electron chi connectivity index (χ4n) is 2.69. The Balaban J connectivity index is 1.70. The minimum Gasteiger partial charge on any atom is -0.492 e. The van der Waals surface area contributed by atoms with Crippen LogP contribution in [-0.2, 0) is 4.79 Å². The molecule has 0 aliphatic rings. The van der Waals surface area contributed by atoms with E-state index >= 15 is 0 Å². The smallest absolute Gasteiger partial charge is 0.233 e. The Morgan fingerprint density at radius 2 is 1.93 bits per heavy atom. The molecule has 0 radical (unpaired) electrons. The van der Waals surface area contributed by atoms with Gasteiger partial charge < -0.3 is 10.1 Å². The molecule has 9 heteroatoms. The van der Waals surface area contributed by atoms with Crippen LogP contribution < -0.4 is 10.1 Å². The van der Waals surface area contributed by atoms with Gasteiger partial charge in [0.1, 0.15) is 17.3 Å². The third-order valence-corrected chi connectivity index (χ3v) is 5.25. The minimum absolute atomic E-state index is 0.167. The normalized spacial score (nSPS) is 13.0. The zero-order valence-corrected chi connectivity index (χ0v) is 17.2. The fourth-order valence-corrected chi connectivity index (χ4v) is 3.50. The third kappa shape index (κ3) is 5.11. The molecule has 2 aromatic carbocycles. The first-order chi connectivity index (χ1) is 14.0. The molecule has 0 saturated carbocycles. The van der Waals surface area contributed by atoms with Gasteiger partial charge in [0.25, 0.3) is 0 Å². The van der Waals surface area contributed by atoms with Gasteiger partial charge >= 0.3 is 0 Å². The first-order valence-corrected chi connectivity index (χ1v) is 10.1. The standard InChI is InChI=1S/C20H22FN5O2S/c1-4-28-18-8-6-5-7-17(18)26-20(23-24-25-26)29-14(3)19(27)22-13(2)15-9-11-16(21)12-10-15/h5-14H,4H2,1-3H3,(H,22,27)/t13-,14-/m0/s1. The number of nitrogens with one attached hydrogen (secondary N) is 1. The Kier molecular flexibility index (Phi) is 6.82. The van der Waals surface area contributed by atoms with E-state index in [0.29, 0.717) is 23.2 Å². The number of halogens is 1. The first kappa shape index (κ1) is 20.8. The molecule has 1 N–H and O–H groups in total. The zero-order chi connectivity index (χ0) is 20.8. The Hall–Kier alpha value is -2.94. The van der Waals surface area contributed by atoms with E-state index in [1.54, 1.807) is 23.7 Å². The Morgan fingerprint density at radius 1 is 1.21 bits per heavy atom. The Bertz CT molecular complexity index is 964. The molecule has 7 nitrogen and oxygen atoms in total. The maximum Gasteiger partial charge on any atom is 0.233 e. The molecule has 0 unspecified atom stereocenters. The molecule has 3 aromatic rings. The highest BCUT2D eigenvalue weighted by molar-refractivity contribution is 8.00. The van der Waals surface area contributed by atoms with Crippen LogP contribution in [0, 0.1) is 5.82 Å². The lowest BCUT2D eigenvalue weighted by Gasteiger charge is -2.17. The van der Waals surface area contributed by atoms with E-state index in [0.717, 1.165) is 5.56 Å². The summed E-state index contributed by atoms with van der Waals surface area (Å²) in [5, 5.41) is 14.8. The Morgan fingerprint density at radius 3 is 2.66 bits per heavy atom. The van der Waals surface area contributed by atoms with E-state index in [4.69, 9.17) is 4.74 Å². The van der Waals surface area contributed by atoms with Crippen LogP contribution in [0.3, 0.4) is 0 Å². The summed E-state index contributed by atoms with van der Waals surface area (Å²) in [6.45, 7) is 6.05. The second-order valence-corrected chi connectivity index (χ2v) is 7.62. The van der Waals surface area contributed by atoms with Crippen molar-refractivity contribution in [1.29, 1.82) is 0 Å². The molecule has 1 amide bonds. The molecule has 0 fully saturated rings. The average Bonchev–Trinajstić information content (AvgIpc) is 3.17. The SMILES string of the molecule is CCOc1ccccc1-n1nnnc1S[C@@H](C)C(=O)N[C@@H](C)c1ccc(F)cc1. The van der Waals surface area contributed by atoms with Gasteiger partial charge in [0.05, 0.1) is 17.9 Å². The molecular formula is C20H22FN5O2S. The molecule has 0 spiro atoms. The van der Waals surface area contributed by atoms with Gasteiger partial charge in [-0.3, -0.25) is 4.79 Å². The van der Waals surface area contributed by atoms with Gasteiger partial charge in [-0.2, -0.15) is 4.68 Å². The predicted octanol–water partition coefficient (Wildman–Crippen LogP) is 3.56. The number of rotatable bonds is 8. The lowest BCUT2D eigenvalue weighted by molar-refractivity contribution is -0.120. The van der Waals surface area contributed by atoms with E-state index in [2.05, 4.69) is 20.8 Å². The van der Waals surface area contributed by atoms with E-state index in [1.807, 2.05) is 38.1 Å². The predicted molar refractivity (Wildman–Crippen MR) is 109 cm³/mol. The van der Waals surface area contributed by atoms with Crippen molar-refractivity contribution in [1.82, 2.24) is 25.5 Å². The number of carbonyl (C=O) groups excluding carboxylic acids is 1. The van der Waals surface area contributed by atoms with Gasteiger partial charge in [0.2, 0.25) is 11.1 Å². The number of ether oxygens (including phenoxy) is 1. The molecule has 2 atom stereocenters. The molecule has 0 aliphatic heterocycles. The highest BCUT2D eigenvalue weighted by Gasteiger charge is 2.22. The van der Waals surface area contributed by atoms with Crippen LogP contribution in [0.25, 0.3) is 5.69 Å². The summed E-state index contributed by atoms with van der Waals surface area (Å²) in [7, 11) is 0. The molecular weight excluding hydrogens is 393 g/mol. The van der Waals surface area contributed by atoms with Crippen molar-refractivity contribution >= 4 is 17.7 Å². The van der Waals surface area contributed by atoms with Crippen LogP contribution in [-0.4, -0.2) is 38.0 Å². The van der Waals surface area contributed by atoms with Gasteiger partial charge in [-0.15, -0.1) is 5.10 Å². The largest absolute Gasteiger partial charge is 0.492 e. The number of nitrogens with zero attached hydrogens (tertiary/aromatic N) is 4. The highest BCUT2D eigenvalue weighted by atomic mass is 32.2. The molecule has 1 heterocycles. The molecule has 0 aliphatic carbocycles. The second-order valence-electron chi connectivity index (χ2n) is 6.32. The summed E-state index contributed by atoms with van der Waals surface area (Å²) in [5.41, 5.74) is 1.53. The molecule has 152 valence electrons. The number of para-hydroxylation sites is 2. The molecule has 1 aromatic heterocycles. The van der Waals surface area contributed by atoms with E-state index in [-0.39, 0.29) is 17.8 Å². The van der Waals surface area contributed by atoms with Crippen LogP contribution >= 0.6 is 11.8 Å². The van der Waals surface area contributed by atoms with E-state index in [9.17, 15) is 9.18 Å². The number of hydrogen-bond acceptors (Lipinski definition) is 6. The minimum atomic E-state index is -0.443. The van der Waals surface area contributed by atoms with Gasteiger partial charge in [-0.05, 0) is 61.0 Å². The fraction of sp³-hybridized carbons (Fsp3) is 0.300. The summed E-state index contributed by atoms with van der Waals surface area (Å²) in [6.07, 6.45) is 0. The summed E-state index contributed by atoms with van der Waals surface area (Å²) >= 11 is 1.25. The van der Waals surface area contributed by atoms with Crippen molar-refractivity contribution in [3.63, 3.8) is 0 Å². The molecule has 0 saturated heterocycles. The number of aromatic nitrogens is 4. The van der Waals surface area contributed by atoms with Crippen LogP contribution in [0.2, 0.25) is 0 Å². The lowest BCUT2D eigenvalue weighted by Crippen LogP contribution is -2.33. The highest BCUT2D eigenvalue weighted by Crippen LogP contribution is 2.28. The lowest BCUT2D eigenvalue weighted by atomic mass is 10.1. The maximum atomic E-state index is 13.1. The van der Waals surface area contributed by atoms with E-state index in [1.165, 1.54) is 23.9 Å². The number of carbonyl (C=O) groups is 1. The van der Waals surface area contributed by atoms with E-state index < -0.39 is 5.25 Å². The summed E-state index contributed by atoms with van der Waals surface area (Å²) in [6, 6.07) is 13.3. The first-order valence-electron chi connectivity index (χ1n) is 9.22. The molecule has 0 bridgehead atoms. The number of amides is 1. The maximum absolute atomic E-state index is 13.1. The summed E-state index contributed by atoms with van der Waals surface area (Å²) in [5.74, 6) is 0.182. The van der Waals surface area contributed by atoms with Crippen molar-refractivity contribution in [3.8, 4) is 11.4 Å². The zero-order valence-electron chi connectivity index (χ0n) is 16.4. The van der Waals surface area contributed by atoms with Crippen molar-refractivity contribution in [3.05, 3.63) is 59.9 Å². The van der Waals surface area contributed by atoms with Gasteiger partial charge in [0, 0.05) is 0 Å². The number of benzene rings is 2. The van der Waals surface area contributed by atoms with Crippen molar-refractivity contribution < 1.29 is 13.9 Å². The van der Waals surface area contributed by atoms with Crippen LogP contribution in [0.1, 0.15) is 32.4 Å². The molecule has 29 heavy (non-hydrogen) atoms. The van der Waals surface area contributed by atoms with Crippen molar-refractivity contribution in [2.45, 2.75) is 37.2 Å². The molecule has 3 rings (SSSR count). The number of thioether (sulfide) groups is 1. The Labute approximate surface area is 172 Å². The van der Waals surface area contributed by atoms with Crippen LogP contribution in [0.4, 0.5) is 4.39 Å². The van der Waals surface area contributed by atoms with Crippen LogP contribution in [0.15, 0.2) is 53.7 Å². The van der Waals surface area contributed by atoms with Crippen LogP contribution in [0.5, 0.6) is 5.75 Å². The quantitative estimate of drug-likeness (QED) is 0.567. The van der Waals surface area contributed by atoms with Crippen molar-refractivity contribution in [2.24, 2.45) is 0 Å². The summed E-state index contributed by atoms with van der Waals surface area (Å²) < 4.78 is 20.3. The van der Waals surface area contributed by atoms with Gasteiger partial charge in [-0.25, -0.2) is 4.39 Å². The second kappa shape index (κ2) is 9.51. The topological polar surface area (TPSA) is 81.9 Å². The number of hydrogen-bond donors (Lipinski definition) is 1. The van der Waals surface area contributed by atoms with Gasteiger partial charge in [-0.1, -0.05) is 36.0 Å². The summed E-state index contributed by atoms with van der Waals surface area (Å²) in [4.78, 5) is 12.6. The average molecular weight is 415 g/mol.